The van der Waals surface area contributed by atoms with E-state index in [1.165, 1.54) is 9.13 Å². The van der Waals surface area contributed by atoms with Crippen molar-refractivity contribution in [2.45, 2.75) is 26.1 Å². The molecular formula is C21H20BrN3O3. The highest BCUT2D eigenvalue weighted by Crippen LogP contribution is 2.12. The summed E-state index contributed by atoms with van der Waals surface area (Å²) in [7, 11) is 0. The summed E-state index contributed by atoms with van der Waals surface area (Å²) in [6.07, 6.45) is 1.68. The maximum Gasteiger partial charge on any atom is 0.317 e. The van der Waals surface area contributed by atoms with Gasteiger partial charge in [0, 0.05) is 30.5 Å². The molecule has 7 heteroatoms. The third-order valence-electron chi connectivity index (χ3n) is 4.39. The Bertz CT molecular complexity index is 1150. The monoisotopic (exact) mass is 441 g/mol. The van der Waals surface area contributed by atoms with Gasteiger partial charge in [-0.3, -0.25) is 19.0 Å². The van der Waals surface area contributed by atoms with Crippen LogP contribution in [0.5, 0.6) is 0 Å². The second kappa shape index (κ2) is 8.84. The third-order valence-corrected chi connectivity index (χ3v) is 4.88. The van der Waals surface area contributed by atoms with E-state index in [0.717, 1.165) is 10.0 Å². The number of nitrogens with zero attached hydrogens (tertiary/aromatic N) is 2. The van der Waals surface area contributed by atoms with E-state index in [1.54, 1.807) is 30.3 Å². The fraction of sp³-hybridized carbons (Fsp3) is 0.190. The molecule has 0 atom stereocenters. The van der Waals surface area contributed by atoms with Crippen molar-refractivity contribution >= 4 is 32.9 Å². The van der Waals surface area contributed by atoms with E-state index < -0.39 is 11.1 Å². The maximum atomic E-state index is 12.6. The number of para-hydroxylation sites is 2. The Hall–Kier alpha value is -2.93. The number of halogens is 1. The molecule has 3 aromatic rings. The maximum absolute atomic E-state index is 12.6. The molecule has 0 radical (unpaired) electrons. The van der Waals surface area contributed by atoms with E-state index in [1.807, 2.05) is 24.3 Å². The molecule has 144 valence electrons. The first kappa shape index (κ1) is 19.8. The highest BCUT2D eigenvalue weighted by molar-refractivity contribution is 9.10. The van der Waals surface area contributed by atoms with Gasteiger partial charge in [0.25, 0.3) is 0 Å². The van der Waals surface area contributed by atoms with Crippen LogP contribution in [0.4, 0.5) is 0 Å². The van der Waals surface area contributed by atoms with Crippen molar-refractivity contribution in [1.29, 1.82) is 0 Å². The average molecular weight is 442 g/mol. The van der Waals surface area contributed by atoms with Crippen LogP contribution in [0.25, 0.3) is 11.0 Å². The highest BCUT2D eigenvalue weighted by atomic mass is 79.9. The lowest BCUT2D eigenvalue weighted by Crippen LogP contribution is -2.42. The standard InChI is InChI=1S/C21H20BrN3O3/c1-2-11-24-17-8-3-4-9-18(17)25(21(28)20(24)27)12-10-19(26)23-14-15-6-5-7-16(22)13-15/h2-9,13H,1,10-12,14H2,(H,23,26). The first-order valence-electron chi connectivity index (χ1n) is 8.85. The van der Waals surface area contributed by atoms with Gasteiger partial charge >= 0.3 is 11.1 Å². The summed E-state index contributed by atoms with van der Waals surface area (Å²) in [6, 6.07) is 14.8. The zero-order chi connectivity index (χ0) is 20.1. The number of hydrogen-bond acceptors (Lipinski definition) is 3. The summed E-state index contributed by atoms with van der Waals surface area (Å²) in [5.74, 6) is -0.189. The molecule has 28 heavy (non-hydrogen) atoms. The van der Waals surface area contributed by atoms with E-state index in [9.17, 15) is 14.4 Å². The van der Waals surface area contributed by atoms with Crippen molar-refractivity contribution in [2.24, 2.45) is 0 Å². The molecule has 3 rings (SSSR count). The molecule has 0 aliphatic heterocycles. The zero-order valence-corrected chi connectivity index (χ0v) is 16.8. The number of benzene rings is 2. The number of carbonyl (C=O) groups excluding carboxylic acids is 1. The van der Waals surface area contributed by atoms with Gasteiger partial charge in [-0.2, -0.15) is 0 Å². The number of allylic oxidation sites excluding steroid dienone is 1. The van der Waals surface area contributed by atoms with Crippen LogP contribution < -0.4 is 16.4 Å². The predicted octanol–water partition coefficient (Wildman–Crippen LogP) is 2.82. The van der Waals surface area contributed by atoms with Crippen LogP contribution >= 0.6 is 15.9 Å². The second-order valence-electron chi connectivity index (χ2n) is 6.31. The molecule has 6 nitrogen and oxygen atoms in total. The van der Waals surface area contributed by atoms with Gasteiger partial charge in [-0.15, -0.1) is 6.58 Å². The lowest BCUT2D eigenvalue weighted by molar-refractivity contribution is -0.121. The lowest BCUT2D eigenvalue weighted by Gasteiger charge is -2.14. The minimum atomic E-state index is -0.639. The first-order chi connectivity index (χ1) is 13.5. The Labute approximate surface area is 170 Å². The summed E-state index contributed by atoms with van der Waals surface area (Å²) in [5, 5.41) is 2.84. The van der Waals surface area contributed by atoms with E-state index in [4.69, 9.17) is 0 Å². The van der Waals surface area contributed by atoms with Crippen LogP contribution in [-0.2, 0) is 24.4 Å². The number of carbonyl (C=O) groups is 1. The van der Waals surface area contributed by atoms with Gasteiger partial charge in [-0.05, 0) is 29.8 Å². The molecule has 0 saturated heterocycles. The van der Waals surface area contributed by atoms with Gasteiger partial charge < -0.3 is 9.88 Å². The van der Waals surface area contributed by atoms with Crippen LogP contribution in [0.1, 0.15) is 12.0 Å². The van der Waals surface area contributed by atoms with Crippen LogP contribution in [0.2, 0.25) is 0 Å². The van der Waals surface area contributed by atoms with Gasteiger partial charge in [0.05, 0.1) is 11.0 Å². The molecule has 0 fully saturated rings. The van der Waals surface area contributed by atoms with Crippen molar-refractivity contribution < 1.29 is 4.79 Å². The summed E-state index contributed by atoms with van der Waals surface area (Å²) >= 11 is 3.40. The number of hydrogen-bond donors (Lipinski definition) is 1. The Morgan fingerprint density at radius 2 is 1.71 bits per heavy atom. The van der Waals surface area contributed by atoms with Crippen LogP contribution in [0.3, 0.4) is 0 Å². The van der Waals surface area contributed by atoms with E-state index in [2.05, 4.69) is 27.8 Å². The predicted molar refractivity (Wildman–Crippen MR) is 113 cm³/mol. The summed E-state index contributed by atoms with van der Waals surface area (Å²) in [4.78, 5) is 37.3. The minimum Gasteiger partial charge on any atom is -0.352 e. The fourth-order valence-corrected chi connectivity index (χ4v) is 3.50. The number of amides is 1. The van der Waals surface area contributed by atoms with Crippen LogP contribution in [0.15, 0.2) is 75.2 Å². The van der Waals surface area contributed by atoms with Gasteiger partial charge in [0.2, 0.25) is 5.91 Å². The summed E-state index contributed by atoms with van der Waals surface area (Å²) in [6.45, 7) is 4.42. The second-order valence-corrected chi connectivity index (χ2v) is 7.22. The van der Waals surface area contributed by atoms with Crippen molar-refractivity contribution in [1.82, 2.24) is 14.5 Å². The minimum absolute atomic E-state index is 0.100. The zero-order valence-electron chi connectivity index (χ0n) is 15.2. The fourth-order valence-electron chi connectivity index (χ4n) is 3.05. The van der Waals surface area contributed by atoms with Crippen molar-refractivity contribution in [3.05, 3.63) is 91.9 Å². The quantitative estimate of drug-likeness (QED) is 0.452. The number of aryl methyl sites for hydroxylation is 1. The number of aromatic nitrogens is 2. The van der Waals surface area contributed by atoms with Crippen molar-refractivity contribution in [3.8, 4) is 0 Å². The van der Waals surface area contributed by atoms with Gasteiger partial charge in [0.1, 0.15) is 0 Å². The van der Waals surface area contributed by atoms with Gasteiger partial charge in [-0.1, -0.05) is 46.3 Å². The number of nitrogens with one attached hydrogen (secondary N) is 1. The first-order valence-corrected chi connectivity index (χ1v) is 9.65. The molecule has 0 spiro atoms. The Kier molecular flexibility index (Phi) is 6.26. The van der Waals surface area contributed by atoms with Crippen molar-refractivity contribution in [2.75, 3.05) is 0 Å². The Balaban J connectivity index is 1.79. The molecule has 1 amide bonds. The molecule has 2 aromatic carbocycles. The van der Waals surface area contributed by atoms with Gasteiger partial charge in [0.15, 0.2) is 0 Å². The van der Waals surface area contributed by atoms with E-state index >= 15 is 0 Å². The molecule has 0 unspecified atom stereocenters. The topological polar surface area (TPSA) is 73.1 Å². The van der Waals surface area contributed by atoms with Gasteiger partial charge in [-0.25, -0.2) is 0 Å². The number of rotatable bonds is 7. The van der Waals surface area contributed by atoms with Crippen LogP contribution in [0, 0.1) is 0 Å². The van der Waals surface area contributed by atoms with Crippen molar-refractivity contribution in [3.63, 3.8) is 0 Å². The molecule has 0 aliphatic carbocycles. The molecule has 0 bridgehead atoms. The van der Waals surface area contributed by atoms with E-state index in [0.29, 0.717) is 17.6 Å². The lowest BCUT2D eigenvalue weighted by atomic mass is 10.2. The van der Waals surface area contributed by atoms with E-state index in [-0.39, 0.29) is 25.4 Å². The average Bonchev–Trinajstić information content (AvgIpc) is 2.70. The smallest absolute Gasteiger partial charge is 0.317 e. The SMILES string of the molecule is C=CCn1c(=O)c(=O)n(CCC(=O)NCc2cccc(Br)c2)c2ccccc21. The normalized spacial score (nSPS) is 10.8. The van der Waals surface area contributed by atoms with Crippen LogP contribution in [-0.4, -0.2) is 15.0 Å². The summed E-state index contributed by atoms with van der Waals surface area (Å²) < 4.78 is 3.71. The molecule has 1 heterocycles. The Morgan fingerprint density at radius 3 is 2.39 bits per heavy atom. The Morgan fingerprint density at radius 1 is 1.04 bits per heavy atom. The third kappa shape index (κ3) is 4.31. The highest BCUT2D eigenvalue weighted by Gasteiger charge is 2.13. The summed E-state index contributed by atoms with van der Waals surface area (Å²) in [5.41, 5.74) is 0.973. The molecule has 0 aliphatic rings. The molecule has 1 aromatic heterocycles. The largest absolute Gasteiger partial charge is 0.352 e. The molecular weight excluding hydrogens is 422 g/mol. The molecule has 0 saturated carbocycles. The number of fused-ring (bicyclic) bond motifs is 1. The molecule has 1 N–H and O–H groups in total.